The summed E-state index contributed by atoms with van der Waals surface area (Å²) in [6.07, 6.45) is 3.21. The van der Waals surface area contributed by atoms with E-state index in [-0.39, 0.29) is 6.04 Å². The predicted molar refractivity (Wildman–Crippen MR) is 58.1 cm³/mol. The van der Waals surface area contributed by atoms with E-state index >= 15 is 0 Å². The predicted octanol–water partition coefficient (Wildman–Crippen LogP) is 0.452. The summed E-state index contributed by atoms with van der Waals surface area (Å²) in [6, 6.07) is 0.171. The van der Waals surface area contributed by atoms with Crippen molar-refractivity contribution in [2.75, 3.05) is 5.01 Å². The topological polar surface area (TPSA) is 72.9 Å². The van der Waals surface area contributed by atoms with Crippen molar-refractivity contribution in [1.82, 2.24) is 19.5 Å². The molecule has 0 bridgehead atoms. The zero-order chi connectivity index (χ0) is 11.0. The number of aromatic nitrogens is 4. The van der Waals surface area contributed by atoms with Gasteiger partial charge in [0.1, 0.15) is 6.33 Å². The smallest absolute Gasteiger partial charge is 0.174 e. The van der Waals surface area contributed by atoms with E-state index in [9.17, 15) is 0 Å². The first kappa shape index (κ1) is 9.85. The third kappa shape index (κ3) is 1.52. The second-order valence-electron chi connectivity index (χ2n) is 3.73. The first-order valence-electron chi connectivity index (χ1n) is 4.77. The summed E-state index contributed by atoms with van der Waals surface area (Å²) in [5.41, 5.74) is 1.52. The molecule has 0 aliphatic heterocycles. The lowest BCUT2D eigenvalue weighted by atomic mass is 10.3. The molecule has 0 radical (unpaired) electrons. The van der Waals surface area contributed by atoms with Crippen molar-refractivity contribution in [3.63, 3.8) is 0 Å². The molecule has 6 nitrogen and oxygen atoms in total. The van der Waals surface area contributed by atoms with Crippen LogP contribution in [0.4, 0.5) is 5.82 Å². The molecule has 0 atom stereocenters. The van der Waals surface area contributed by atoms with Gasteiger partial charge in [-0.1, -0.05) is 0 Å². The van der Waals surface area contributed by atoms with E-state index in [1.165, 1.54) is 6.33 Å². The average molecular weight is 206 g/mol. The van der Waals surface area contributed by atoms with Crippen LogP contribution in [0.3, 0.4) is 0 Å². The van der Waals surface area contributed by atoms with Gasteiger partial charge in [0, 0.05) is 13.1 Å². The highest BCUT2D eigenvalue weighted by molar-refractivity contribution is 5.82. The third-order valence-electron chi connectivity index (χ3n) is 2.28. The molecule has 0 aliphatic rings. The van der Waals surface area contributed by atoms with Gasteiger partial charge in [-0.3, -0.25) is 5.01 Å². The summed E-state index contributed by atoms with van der Waals surface area (Å²) >= 11 is 0. The first-order chi connectivity index (χ1) is 7.11. The molecule has 0 unspecified atom stereocenters. The quantitative estimate of drug-likeness (QED) is 0.570. The molecular weight excluding hydrogens is 192 g/mol. The summed E-state index contributed by atoms with van der Waals surface area (Å²) < 4.78 is 1.84. The number of rotatable bonds is 2. The Bertz CT molecular complexity index is 474. The number of hydrazine groups is 1. The minimum absolute atomic E-state index is 0.171. The van der Waals surface area contributed by atoms with Gasteiger partial charge in [0.2, 0.25) is 0 Å². The number of nitrogens with two attached hydrogens (primary N) is 1. The fourth-order valence-corrected chi connectivity index (χ4v) is 1.37. The fourth-order valence-electron chi connectivity index (χ4n) is 1.37. The van der Waals surface area contributed by atoms with Crippen LogP contribution in [0.25, 0.3) is 11.2 Å². The molecule has 0 saturated heterocycles. The molecule has 2 N–H and O–H groups in total. The van der Waals surface area contributed by atoms with Crippen LogP contribution in [0.1, 0.15) is 13.8 Å². The van der Waals surface area contributed by atoms with Gasteiger partial charge in [-0.25, -0.2) is 20.8 Å². The van der Waals surface area contributed by atoms with Gasteiger partial charge in [-0.2, -0.15) is 0 Å². The van der Waals surface area contributed by atoms with Crippen LogP contribution in [0.15, 0.2) is 12.7 Å². The molecular formula is C9H14N6. The van der Waals surface area contributed by atoms with Crippen LogP contribution < -0.4 is 10.9 Å². The Morgan fingerprint density at radius 1 is 1.33 bits per heavy atom. The highest BCUT2D eigenvalue weighted by Gasteiger charge is 2.14. The Morgan fingerprint density at radius 3 is 2.73 bits per heavy atom. The lowest BCUT2D eigenvalue weighted by Gasteiger charge is -2.21. The highest BCUT2D eigenvalue weighted by atomic mass is 15.4. The summed E-state index contributed by atoms with van der Waals surface area (Å²) in [6.45, 7) is 3.99. The molecule has 0 saturated carbocycles. The van der Waals surface area contributed by atoms with Crippen molar-refractivity contribution in [3.05, 3.63) is 12.7 Å². The van der Waals surface area contributed by atoms with Gasteiger partial charge in [-0.15, -0.1) is 0 Å². The molecule has 0 aliphatic carbocycles. The van der Waals surface area contributed by atoms with E-state index in [0.29, 0.717) is 5.82 Å². The number of imidazole rings is 1. The Balaban J connectivity index is 2.61. The molecule has 6 heteroatoms. The largest absolute Gasteiger partial charge is 0.318 e. The van der Waals surface area contributed by atoms with E-state index in [4.69, 9.17) is 5.84 Å². The summed E-state index contributed by atoms with van der Waals surface area (Å²) in [7, 11) is 1.89. The lowest BCUT2D eigenvalue weighted by molar-refractivity contribution is 0.702. The maximum absolute atomic E-state index is 5.91. The number of aryl methyl sites for hydroxylation is 1. The van der Waals surface area contributed by atoms with Crippen molar-refractivity contribution >= 4 is 17.0 Å². The Labute approximate surface area is 87.7 Å². The number of hydrogen-bond acceptors (Lipinski definition) is 5. The standard InChI is InChI=1S/C9H14N6/c1-6(2)15(10)9-7-8(11-4-12-9)14(3)5-13-7/h4-6H,10H2,1-3H3. The number of hydrogen-bond donors (Lipinski definition) is 1. The van der Waals surface area contributed by atoms with Crippen LogP contribution in [-0.4, -0.2) is 25.6 Å². The van der Waals surface area contributed by atoms with Gasteiger partial charge in [0.25, 0.3) is 0 Å². The molecule has 80 valence electrons. The van der Waals surface area contributed by atoms with E-state index < -0.39 is 0 Å². The van der Waals surface area contributed by atoms with Gasteiger partial charge >= 0.3 is 0 Å². The third-order valence-corrected chi connectivity index (χ3v) is 2.28. The summed E-state index contributed by atoms with van der Waals surface area (Å²) in [4.78, 5) is 12.5. The maximum Gasteiger partial charge on any atom is 0.174 e. The minimum Gasteiger partial charge on any atom is -0.318 e. The van der Waals surface area contributed by atoms with E-state index in [1.807, 2.05) is 25.5 Å². The highest BCUT2D eigenvalue weighted by Crippen LogP contribution is 2.19. The zero-order valence-corrected chi connectivity index (χ0v) is 9.05. The molecule has 15 heavy (non-hydrogen) atoms. The van der Waals surface area contributed by atoms with Crippen molar-refractivity contribution in [2.24, 2.45) is 12.9 Å². The fraction of sp³-hybridized carbons (Fsp3) is 0.444. The summed E-state index contributed by atoms with van der Waals surface area (Å²) in [5.74, 6) is 6.57. The SMILES string of the molecule is CC(C)N(N)c1ncnc2c1ncn2C. The monoisotopic (exact) mass is 206 g/mol. The zero-order valence-electron chi connectivity index (χ0n) is 9.05. The Hall–Kier alpha value is -1.69. The van der Waals surface area contributed by atoms with Crippen molar-refractivity contribution in [2.45, 2.75) is 19.9 Å². The maximum atomic E-state index is 5.91. The van der Waals surface area contributed by atoms with E-state index in [2.05, 4.69) is 15.0 Å². The van der Waals surface area contributed by atoms with Crippen LogP contribution in [0.5, 0.6) is 0 Å². The molecule has 0 spiro atoms. The number of anilines is 1. The number of nitrogens with zero attached hydrogens (tertiary/aromatic N) is 5. The Kier molecular flexibility index (Phi) is 2.28. The van der Waals surface area contributed by atoms with Crippen molar-refractivity contribution < 1.29 is 0 Å². The molecule has 0 fully saturated rings. The van der Waals surface area contributed by atoms with Gasteiger partial charge in [-0.05, 0) is 13.8 Å². The normalized spacial score (nSPS) is 11.3. The average Bonchev–Trinajstić information content (AvgIpc) is 2.59. The van der Waals surface area contributed by atoms with Crippen LogP contribution in [-0.2, 0) is 7.05 Å². The molecule has 0 amide bonds. The first-order valence-corrected chi connectivity index (χ1v) is 4.77. The second-order valence-corrected chi connectivity index (χ2v) is 3.73. The van der Waals surface area contributed by atoms with Crippen molar-refractivity contribution in [3.8, 4) is 0 Å². The molecule has 2 rings (SSSR count). The lowest BCUT2D eigenvalue weighted by Crippen LogP contribution is -2.38. The van der Waals surface area contributed by atoms with Crippen LogP contribution in [0.2, 0.25) is 0 Å². The molecule has 2 aromatic heterocycles. The van der Waals surface area contributed by atoms with E-state index in [0.717, 1.165) is 11.2 Å². The van der Waals surface area contributed by atoms with Crippen molar-refractivity contribution in [1.29, 1.82) is 0 Å². The minimum atomic E-state index is 0.171. The number of fused-ring (bicyclic) bond motifs is 1. The summed E-state index contributed by atoms with van der Waals surface area (Å²) in [5, 5.41) is 1.59. The van der Waals surface area contributed by atoms with E-state index in [1.54, 1.807) is 11.3 Å². The second kappa shape index (κ2) is 3.47. The van der Waals surface area contributed by atoms with Crippen LogP contribution >= 0.6 is 0 Å². The molecule has 2 aromatic rings. The van der Waals surface area contributed by atoms with Gasteiger partial charge in [0.15, 0.2) is 17.0 Å². The van der Waals surface area contributed by atoms with Gasteiger partial charge in [0.05, 0.1) is 6.33 Å². The van der Waals surface area contributed by atoms with Crippen LogP contribution in [0, 0.1) is 0 Å². The molecule has 2 heterocycles. The Morgan fingerprint density at radius 2 is 2.07 bits per heavy atom. The molecule has 0 aromatic carbocycles. The van der Waals surface area contributed by atoms with Gasteiger partial charge < -0.3 is 4.57 Å².